The largest absolute Gasteiger partial charge is 0.492 e. The Labute approximate surface area is 154 Å². The molecule has 138 valence electrons. The van der Waals surface area contributed by atoms with Gasteiger partial charge in [-0.2, -0.15) is 0 Å². The number of rotatable bonds is 8. The van der Waals surface area contributed by atoms with E-state index in [1.165, 1.54) is 0 Å². The minimum atomic E-state index is -0.252. The fourth-order valence-electron chi connectivity index (χ4n) is 2.84. The van der Waals surface area contributed by atoms with Crippen molar-refractivity contribution in [2.75, 3.05) is 39.5 Å². The first kappa shape index (κ1) is 18.4. The van der Waals surface area contributed by atoms with Gasteiger partial charge in [-0.15, -0.1) is 0 Å². The predicted molar refractivity (Wildman–Crippen MR) is 99.1 cm³/mol. The van der Waals surface area contributed by atoms with Crippen LogP contribution in [0.15, 0.2) is 54.6 Å². The molecule has 2 aromatic carbocycles. The van der Waals surface area contributed by atoms with E-state index in [4.69, 9.17) is 14.2 Å². The number of hydrogen-bond acceptors (Lipinski definition) is 5. The molecule has 1 aliphatic rings. The summed E-state index contributed by atoms with van der Waals surface area (Å²) in [5.41, 5.74) is 1.84. The second-order valence-corrected chi connectivity index (χ2v) is 6.23. The van der Waals surface area contributed by atoms with Crippen molar-refractivity contribution in [2.45, 2.75) is 13.0 Å². The summed E-state index contributed by atoms with van der Waals surface area (Å²) in [7, 11) is 0. The van der Waals surface area contributed by atoms with Crippen LogP contribution in [0, 0.1) is 0 Å². The smallest absolute Gasteiger partial charge is 0.310 e. The van der Waals surface area contributed by atoms with Crippen molar-refractivity contribution in [3.63, 3.8) is 0 Å². The average Bonchev–Trinajstić information content (AvgIpc) is 2.69. The van der Waals surface area contributed by atoms with E-state index in [0.717, 1.165) is 49.7 Å². The van der Waals surface area contributed by atoms with Crippen molar-refractivity contribution in [2.24, 2.45) is 0 Å². The summed E-state index contributed by atoms with van der Waals surface area (Å²) in [5, 5.41) is 0. The molecule has 0 unspecified atom stereocenters. The number of esters is 1. The molecule has 3 rings (SSSR count). The SMILES string of the molecule is O=C(Cc1ccccc1OCCN1CCOCC1)OCc1ccccc1. The van der Waals surface area contributed by atoms with Gasteiger partial charge in [-0.05, 0) is 11.6 Å². The number of hydrogen-bond donors (Lipinski definition) is 0. The highest BCUT2D eigenvalue weighted by molar-refractivity contribution is 5.73. The van der Waals surface area contributed by atoms with Crippen molar-refractivity contribution in [3.05, 3.63) is 65.7 Å². The van der Waals surface area contributed by atoms with E-state index >= 15 is 0 Å². The second-order valence-electron chi connectivity index (χ2n) is 6.23. The third-order valence-electron chi connectivity index (χ3n) is 4.32. The Bertz CT molecular complexity index is 683. The predicted octanol–water partition coefficient (Wildman–Crippen LogP) is 2.68. The minimum Gasteiger partial charge on any atom is -0.492 e. The molecule has 26 heavy (non-hydrogen) atoms. The Morgan fingerprint density at radius 3 is 2.54 bits per heavy atom. The number of ether oxygens (including phenoxy) is 3. The molecule has 0 aliphatic carbocycles. The van der Waals surface area contributed by atoms with Gasteiger partial charge in [0.25, 0.3) is 0 Å². The van der Waals surface area contributed by atoms with Gasteiger partial charge in [-0.3, -0.25) is 9.69 Å². The van der Waals surface area contributed by atoms with E-state index < -0.39 is 0 Å². The van der Waals surface area contributed by atoms with Crippen molar-refractivity contribution in [3.8, 4) is 5.75 Å². The van der Waals surface area contributed by atoms with Crippen LogP contribution in [-0.2, 0) is 27.3 Å². The first-order chi connectivity index (χ1) is 12.8. The van der Waals surface area contributed by atoms with Crippen LogP contribution in [0.5, 0.6) is 5.75 Å². The van der Waals surface area contributed by atoms with Crippen LogP contribution < -0.4 is 4.74 Å². The van der Waals surface area contributed by atoms with Crippen LogP contribution in [0.1, 0.15) is 11.1 Å². The topological polar surface area (TPSA) is 48.0 Å². The molecule has 1 aliphatic heterocycles. The fourth-order valence-corrected chi connectivity index (χ4v) is 2.84. The Kier molecular flexibility index (Phi) is 7.05. The maximum absolute atomic E-state index is 12.2. The lowest BCUT2D eigenvalue weighted by Crippen LogP contribution is -2.38. The summed E-state index contributed by atoms with van der Waals surface area (Å²) in [4.78, 5) is 14.5. The molecule has 1 saturated heterocycles. The molecule has 0 amide bonds. The van der Waals surface area contributed by atoms with E-state index in [0.29, 0.717) is 13.2 Å². The van der Waals surface area contributed by atoms with Gasteiger partial charge in [0, 0.05) is 25.2 Å². The lowest BCUT2D eigenvalue weighted by Gasteiger charge is -2.26. The highest BCUT2D eigenvalue weighted by Gasteiger charge is 2.12. The first-order valence-electron chi connectivity index (χ1n) is 9.01. The van der Waals surface area contributed by atoms with E-state index in [-0.39, 0.29) is 12.4 Å². The molecule has 0 aromatic heterocycles. The highest BCUT2D eigenvalue weighted by atomic mass is 16.5. The third-order valence-corrected chi connectivity index (χ3v) is 4.32. The van der Waals surface area contributed by atoms with Crippen molar-refractivity contribution in [1.82, 2.24) is 4.90 Å². The Hall–Kier alpha value is -2.37. The Morgan fingerprint density at radius 1 is 1.00 bits per heavy atom. The van der Waals surface area contributed by atoms with E-state index in [1.54, 1.807) is 0 Å². The molecule has 5 heteroatoms. The molecular formula is C21H25NO4. The van der Waals surface area contributed by atoms with Crippen LogP contribution in [0.2, 0.25) is 0 Å². The summed E-state index contributed by atoms with van der Waals surface area (Å²) in [5.74, 6) is 0.496. The molecule has 0 N–H and O–H groups in total. The van der Waals surface area contributed by atoms with Crippen molar-refractivity contribution in [1.29, 1.82) is 0 Å². The van der Waals surface area contributed by atoms with E-state index in [2.05, 4.69) is 4.90 Å². The fraction of sp³-hybridized carbons (Fsp3) is 0.381. The van der Waals surface area contributed by atoms with Gasteiger partial charge in [-0.25, -0.2) is 0 Å². The van der Waals surface area contributed by atoms with Gasteiger partial charge in [0.1, 0.15) is 19.0 Å². The maximum Gasteiger partial charge on any atom is 0.310 e. The van der Waals surface area contributed by atoms with E-state index in [9.17, 15) is 4.79 Å². The zero-order valence-corrected chi connectivity index (χ0v) is 14.9. The number of carbonyl (C=O) groups excluding carboxylic acids is 1. The zero-order chi connectivity index (χ0) is 18.0. The average molecular weight is 355 g/mol. The van der Waals surface area contributed by atoms with Crippen LogP contribution in [0.4, 0.5) is 0 Å². The van der Waals surface area contributed by atoms with E-state index in [1.807, 2.05) is 54.6 Å². The number of benzene rings is 2. The minimum absolute atomic E-state index is 0.209. The quantitative estimate of drug-likeness (QED) is 0.682. The lowest BCUT2D eigenvalue weighted by atomic mass is 10.1. The molecule has 0 bridgehead atoms. The summed E-state index contributed by atoms with van der Waals surface area (Å²) >= 11 is 0. The van der Waals surface area contributed by atoms with Gasteiger partial charge in [0.15, 0.2) is 0 Å². The lowest BCUT2D eigenvalue weighted by molar-refractivity contribution is -0.144. The van der Waals surface area contributed by atoms with Crippen molar-refractivity contribution >= 4 is 5.97 Å². The standard InChI is InChI=1S/C21H25NO4/c23-21(26-17-18-6-2-1-3-7-18)16-19-8-4-5-9-20(19)25-15-12-22-10-13-24-14-11-22/h1-9H,10-17H2. The number of nitrogens with zero attached hydrogens (tertiary/aromatic N) is 1. The maximum atomic E-state index is 12.2. The first-order valence-corrected chi connectivity index (χ1v) is 9.01. The molecule has 1 fully saturated rings. The Morgan fingerprint density at radius 2 is 1.73 bits per heavy atom. The van der Waals surface area contributed by atoms with Crippen LogP contribution in [-0.4, -0.2) is 50.3 Å². The molecule has 1 heterocycles. The normalized spacial score (nSPS) is 14.8. The molecule has 2 aromatic rings. The number of carbonyl (C=O) groups is 1. The Balaban J connectivity index is 1.47. The second kappa shape index (κ2) is 9.94. The van der Waals surface area contributed by atoms with Crippen LogP contribution in [0.3, 0.4) is 0 Å². The van der Waals surface area contributed by atoms with Gasteiger partial charge < -0.3 is 14.2 Å². The van der Waals surface area contributed by atoms with Gasteiger partial charge >= 0.3 is 5.97 Å². The molecule has 0 atom stereocenters. The van der Waals surface area contributed by atoms with Crippen LogP contribution in [0.25, 0.3) is 0 Å². The third kappa shape index (κ3) is 5.86. The van der Waals surface area contributed by atoms with Gasteiger partial charge in [-0.1, -0.05) is 48.5 Å². The van der Waals surface area contributed by atoms with Gasteiger partial charge in [0.2, 0.25) is 0 Å². The zero-order valence-electron chi connectivity index (χ0n) is 14.9. The van der Waals surface area contributed by atoms with Crippen molar-refractivity contribution < 1.29 is 19.0 Å². The monoisotopic (exact) mass is 355 g/mol. The summed E-state index contributed by atoms with van der Waals surface area (Å²) in [6, 6.07) is 17.3. The molecular weight excluding hydrogens is 330 g/mol. The summed E-state index contributed by atoms with van der Waals surface area (Å²) < 4.78 is 16.6. The summed E-state index contributed by atoms with van der Waals surface area (Å²) in [6.45, 7) is 5.19. The molecule has 0 radical (unpaired) electrons. The molecule has 0 spiro atoms. The molecule has 5 nitrogen and oxygen atoms in total. The van der Waals surface area contributed by atoms with Crippen LogP contribution >= 0.6 is 0 Å². The number of morpholine rings is 1. The number of para-hydroxylation sites is 1. The molecule has 0 saturated carbocycles. The highest BCUT2D eigenvalue weighted by Crippen LogP contribution is 2.19. The van der Waals surface area contributed by atoms with Gasteiger partial charge in [0.05, 0.1) is 19.6 Å². The summed E-state index contributed by atoms with van der Waals surface area (Å²) in [6.07, 6.45) is 0.209.